The summed E-state index contributed by atoms with van der Waals surface area (Å²) in [5, 5.41) is 12.9. The number of nitrogens with zero attached hydrogens (tertiary/aromatic N) is 1. The number of aliphatic hydroxyl groups is 1. The summed E-state index contributed by atoms with van der Waals surface area (Å²) in [6, 6.07) is 19.5. The molecule has 2 heterocycles. The molecule has 0 amide bonds. The second kappa shape index (κ2) is 8.08. The van der Waals surface area contributed by atoms with Gasteiger partial charge in [-0.2, -0.15) is 11.8 Å². The smallest absolute Gasteiger partial charge is 0.260 e. The molecule has 0 aliphatic rings. The number of rotatable bonds is 6. The van der Waals surface area contributed by atoms with E-state index in [0.29, 0.717) is 22.7 Å². The normalized spacial score (nSPS) is 12.3. The first-order valence-corrected chi connectivity index (χ1v) is 10.6. The number of nitrogens with one attached hydrogen (secondary N) is 1. The van der Waals surface area contributed by atoms with Crippen LogP contribution in [-0.4, -0.2) is 20.8 Å². The number of fused-ring (bicyclic) bond motifs is 1. The summed E-state index contributed by atoms with van der Waals surface area (Å²) in [5.74, 6) is 1.73. The van der Waals surface area contributed by atoms with Crippen LogP contribution in [0.4, 0.5) is 0 Å². The van der Waals surface area contributed by atoms with E-state index in [4.69, 9.17) is 0 Å². The van der Waals surface area contributed by atoms with Crippen LogP contribution in [0, 0.1) is 0 Å². The molecule has 0 fully saturated rings. The summed E-state index contributed by atoms with van der Waals surface area (Å²) in [6.07, 6.45) is -0.530. The van der Waals surface area contributed by atoms with Crippen LogP contribution in [-0.2, 0) is 5.75 Å². The molecule has 27 heavy (non-hydrogen) atoms. The van der Waals surface area contributed by atoms with Gasteiger partial charge in [0.25, 0.3) is 5.56 Å². The SMILES string of the molecule is O=c1[nH]c(CSC[C@@H](O)c2ccccc2)nc2scc(-c3ccccc3)c12. The second-order valence-electron chi connectivity index (χ2n) is 6.15. The Morgan fingerprint density at radius 3 is 2.52 bits per heavy atom. The standard InChI is InChI=1S/C21H18N2O2S2/c24-17(15-9-5-2-6-10-15)12-26-13-18-22-20(25)19-16(11-27-21(19)23-18)14-7-3-1-4-8-14/h1-11,17,24H,12-13H2,(H,22,23,25)/t17-/m1/s1. The molecule has 0 spiro atoms. The van der Waals surface area contributed by atoms with Crippen molar-refractivity contribution in [2.24, 2.45) is 0 Å². The summed E-state index contributed by atoms with van der Waals surface area (Å²) in [6.45, 7) is 0. The van der Waals surface area contributed by atoms with Crippen LogP contribution in [0.15, 0.2) is 70.8 Å². The maximum absolute atomic E-state index is 12.6. The monoisotopic (exact) mass is 394 g/mol. The number of aromatic nitrogens is 2. The van der Waals surface area contributed by atoms with Crippen molar-refractivity contribution in [2.45, 2.75) is 11.9 Å². The minimum Gasteiger partial charge on any atom is -0.388 e. The Morgan fingerprint density at radius 1 is 1.07 bits per heavy atom. The minimum absolute atomic E-state index is 0.112. The molecule has 136 valence electrons. The molecule has 2 N–H and O–H groups in total. The molecule has 0 saturated carbocycles. The molecule has 6 heteroatoms. The lowest BCUT2D eigenvalue weighted by Gasteiger charge is -2.10. The largest absolute Gasteiger partial charge is 0.388 e. The Morgan fingerprint density at radius 2 is 1.78 bits per heavy atom. The van der Waals surface area contributed by atoms with Crippen LogP contribution in [0.1, 0.15) is 17.5 Å². The van der Waals surface area contributed by atoms with Gasteiger partial charge in [0.1, 0.15) is 10.7 Å². The molecular weight excluding hydrogens is 376 g/mol. The molecule has 4 aromatic rings. The first kappa shape index (κ1) is 18.0. The molecule has 0 aliphatic heterocycles. The van der Waals surface area contributed by atoms with Crippen LogP contribution in [0.3, 0.4) is 0 Å². The van der Waals surface area contributed by atoms with Gasteiger partial charge in [0, 0.05) is 16.7 Å². The summed E-state index contributed by atoms with van der Waals surface area (Å²) in [5.41, 5.74) is 2.72. The second-order valence-corrected chi connectivity index (χ2v) is 8.04. The quantitative estimate of drug-likeness (QED) is 0.501. The summed E-state index contributed by atoms with van der Waals surface area (Å²) >= 11 is 3.04. The van der Waals surface area contributed by atoms with Gasteiger partial charge in [-0.15, -0.1) is 11.3 Å². The lowest BCUT2D eigenvalue weighted by Crippen LogP contribution is -2.11. The van der Waals surface area contributed by atoms with Crippen molar-refractivity contribution in [2.75, 3.05) is 5.75 Å². The van der Waals surface area contributed by atoms with E-state index in [-0.39, 0.29) is 5.56 Å². The highest BCUT2D eigenvalue weighted by Gasteiger charge is 2.13. The molecule has 1 atom stereocenters. The lowest BCUT2D eigenvalue weighted by molar-refractivity contribution is 0.204. The highest BCUT2D eigenvalue weighted by molar-refractivity contribution is 7.98. The molecule has 2 aromatic heterocycles. The number of H-pyrrole nitrogens is 1. The van der Waals surface area contributed by atoms with Crippen LogP contribution >= 0.6 is 23.1 Å². The van der Waals surface area contributed by atoms with E-state index < -0.39 is 6.10 Å². The Bertz CT molecular complexity index is 1090. The molecule has 4 nitrogen and oxygen atoms in total. The van der Waals surface area contributed by atoms with Crippen LogP contribution in [0.5, 0.6) is 0 Å². The number of hydrogen-bond donors (Lipinski definition) is 2. The van der Waals surface area contributed by atoms with Gasteiger partial charge < -0.3 is 10.1 Å². The molecule has 4 rings (SSSR count). The Hall–Kier alpha value is -2.41. The van der Waals surface area contributed by atoms with E-state index in [2.05, 4.69) is 9.97 Å². The summed E-state index contributed by atoms with van der Waals surface area (Å²) in [4.78, 5) is 20.9. The van der Waals surface area contributed by atoms with E-state index in [9.17, 15) is 9.90 Å². The van der Waals surface area contributed by atoms with Crippen molar-refractivity contribution in [1.82, 2.24) is 9.97 Å². The molecule has 2 aromatic carbocycles. The van der Waals surface area contributed by atoms with E-state index >= 15 is 0 Å². The Kier molecular flexibility index (Phi) is 5.38. The van der Waals surface area contributed by atoms with Gasteiger partial charge in [0.05, 0.1) is 17.2 Å². The fourth-order valence-electron chi connectivity index (χ4n) is 2.93. The third kappa shape index (κ3) is 3.98. The maximum atomic E-state index is 12.6. The topological polar surface area (TPSA) is 66.0 Å². The van der Waals surface area contributed by atoms with E-state index in [1.165, 1.54) is 11.3 Å². The van der Waals surface area contributed by atoms with Crippen molar-refractivity contribution < 1.29 is 5.11 Å². The van der Waals surface area contributed by atoms with Gasteiger partial charge in [-0.25, -0.2) is 4.98 Å². The van der Waals surface area contributed by atoms with Crippen LogP contribution in [0.2, 0.25) is 0 Å². The Labute approximate surface area is 164 Å². The van der Waals surface area contributed by atoms with E-state index in [0.717, 1.165) is 21.5 Å². The summed E-state index contributed by atoms with van der Waals surface area (Å²) in [7, 11) is 0. The van der Waals surface area contributed by atoms with Crippen LogP contribution < -0.4 is 5.56 Å². The van der Waals surface area contributed by atoms with Gasteiger partial charge in [0.15, 0.2) is 0 Å². The van der Waals surface area contributed by atoms with Crippen LogP contribution in [0.25, 0.3) is 21.3 Å². The molecule has 0 unspecified atom stereocenters. The molecule has 0 saturated heterocycles. The molecule has 0 aliphatic carbocycles. The number of hydrogen-bond acceptors (Lipinski definition) is 5. The van der Waals surface area contributed by atoms with Gasteiger partial charge >= 0.3 is 0 Å². The van der Waals surface area contributed by atoms with Crippen molar-refractivity contribution in [3.8, 4) is 11.1 Å². The number of thioether (sulfide) groups is 1. The van der Waals surface area contributed by atoms with Crippen molar-refractivity contribution >= 4 is 33.3 Å². The first-order chi connectivity index (χ1) is 13.2. The first-order valence-electron chi connectivity index (χ1n) is 8.59. The zero-order chi connectivity index (χ0) is 18.6. The fraction of sp³-hybridized carbons (Fsp3) is 0.143. The predicted octanol–water partition coefficient (Wildman–Crippen LogP) is 4.62. The highest BCUT2D eigenvalue weighted by Crippen LogP contribution is 2.30. The fourth-order valence-corrected chi connectivity index (χ4v) is 4.76. The average Bonchev–Trinajstić information content (AvgIpc) is 3.14. The Balaban J connectivity index is 1.50. The lowest BCUT2D eigenvalue weighted by atomic mass is 10.1. The number of thiophene rings is 1. The maximum Gasteiger partial charge on any atom is 0.260 e. The zero-order valence-electron chi connectivity index (χ0n) is 14.5. The highest BCUT2D eigenvalue weighted by atomic mass is 32.2. The van der Waals surface area contributed by atoms with Gasteiger partial charge in [-0.1, -0.05) is 60.7 Å². The number of aliphatic hydroxyl groups excluding tert-OH is 1. The number of aromatic amines is 1. The van der Waals surface area contributed by atoms with Crippen molar-refractivity contribution in [3.63, 3.8) is 0 Å². The average molecular weight is 395 g/mol. The van der Waals surface area contributed by atoms with Crippen molar-refractivity contribution in [1.29, 1.82) is 0 Å². The summed E-state index contributed by atoms with van der Waals surface area (Å²) < 4.78 is 0. The van der Waals surface area contributed by atoms with Gasteiger partial charge in [0.2, 0.25) is 0 Å². The zero-order valence-corrected chi connectivity index (χ0v) is 16.1. The number of benzene rings is 2. The van der Waals surface area contributed by atoms with Gasteiger partial charge in [-0.05, 0) is 11.1 Å². The third-order valence-electron chi connectivity index (χ3n) is 4.28. The van der Waals surface area contributed by atoms with Gasteiger partial charge in [-0.3, -0.25) is 4.79 Å². The third-order valence-corrected chi connectivity index (χ3v) is 6.18. The molecular formula is C21H18N2O2S2. The molecule has 0 bridgehead atoms. The molecule has 0 radical (unpaired) electrons. The van der Waals surface area contributed by atoms with E-state index in [1.54, 1.807) is 11.8 Å². The van der Waals surface area contributed by atoms with E-state index in [1.807, 2.05) is 66.0 Å². The minimum atomic E-state index is -0.530. The van der Waals surface area contributed by atoms with Crippen molar-refractivity contribution in [3.05, 3.63) is 87.8 Å². The predicted molar refractivity (Wildman–Crippen MR) is 113 cm³/mol.